The van der Waals surface area contributed by atoms with Crippen molar-refractivity contribution in [3.8, 4) is 17.2 Å². The highest BCUT2D eigenvalue weighted by molar-refractivity contribution is 6.26. The second-order valence-corrected chi connectivity index (χ2v) is 6.60. The number of allylic oxidation sites excluding steroid dienone is 1. The summed E-state index contributed by atoms with van der Waals surface area (Å²) < 4.78 is 27.4. The topological polar surface area (TPSA) is 92.3 Å². The second kappa shape index (κ2) is 8.83. The van der Waals surface area contributed by atoms with Gasteiger partial charge in [-0.15, -0.1) is 0 Å². The molecule has 0 saturated carbocycles. The van der Waals surface area contributed by atoms with Gasteiger partial charge in [0.05, 0.1) is 13.7 Å². The van der Waals surface area contributed by atoms with Gasteiger partial charge >= 0.3 is 5.97 Å². The molecule has 2 aromatic rings. The first-order chi connectivity index (χ1) is 15.1. The molecule has 0 atom stereocenters. The number of Topliss-reactive ketones (excluding diaryl/α,β-unsaturated/α-hetero) is 1. The van der Waals surface area contributed by atoms with Crippen LogP contribution in [-0.4, -0.2) is 38.7 Å². The SMILES string of the molecule is CCOC(=O)C1=C(Nc2ccccc2)O/C(=C\c2cc(OC)c3c(c2)OCCO3)C1=O. The van der Waals surface area contributed by atoms with Crippen molar-refractivity contribution >= 4 is 23.5 Å². The van der Waals surface area contributed by atoms with Gasteiger partial charge < -0.3 is 29.0 Å². The summed E-state index contributed by atoms with van der Waals surface area (Å²) in [5.41, 5.74) is 1.06. The van der Waals surface area contributed by atoms with Crippen molar-refractivity contribution < 1.29 is 33.3 Å². The van der Waals surface area contributed by atoms with E-state index in [1.165, 1.54) is 13.2 Å². The smallest absolute Gasteiger partial charge is 0.347 e. The number of rotatable bonds is 6. The Kier molecular flexibility index (Phi) is 5.79. The maximum Gasteiger partial charge on any atom is 0.347 e. The molecule has 0 unspecified atom stereocenters. The number of ether oxygens (including phenoxy) is 5. The number of benzene rings is 2. The monoisotopic (exact) mass is 423 g/mol. The highest BCUT2D eigenvalue weighted by Crippen LogP contribution is 2.41. The van der Waals surface area contributed by atoms with Crippen LogP contribution in [0.2, 0.25) is 0 Å². The molecule has 8 nitrogen and oxygen atoms in total. The molecule has 1 N–H and O–H groups in total. The minimum Gasteiger partial charge on any atom is -0.493 e. The first-order valence-electron chi connectivity index (χ1n) is 9.76. The Labute approximate surface area is 179 Å². The fourth-order valence-electron chi connectivity index (χ4n) is 3.19. The zero-order valence-corrected chi connectivity index (χ0v) is 17.1. The van der Waals surface area contributed by atoms with E-state index in [1.807, 2.05) is 18.2 Å². The Balaban J connectivity index is 1.68. The molecule has 0 amide bonds. The normalized spacial score (nSPS) is 16.2. The van der Waals surface area contributed by atoms with Crippen LogP contribution < -0.4 is 19.5 Å². The Bertz CT molecular complexity index is 1060. The number of fused-ring (bicyclic) bond motifs is 1. The van der Waals surface area contributed by atoms with E-state index in [0.717, 1.165) is 0 Å². The van der Waals surface area contributed by atoms with E-state index in [-0.39, 0.29) is 23.8 Å². The number of ketones is 1. The van der Waals surface area contributed by atoms with Crippen molar-refractivity contribution in [1.82, 2.24) is 0 Å². The van der Waals surface area contributed by atoms with E-state index in [1.54, 1.807) is 31.2 Å². The van der Waals surface area contributed by atoms with E-state index in [2.05, 4.69) is 5.32 Å². The van der Waals surface area contributed by atoms with Gasteiger partial charge in [-0.25, -0.2) is 4.79 Å². The molecule has 8 heteroatoms. The lowest BCUT2D eigenvalue weighted by Crippen LogP contribution is -2.16. The number of hydrogen-bond acceptors (Lipinski definition) is 8. The second-order valence-electron chi connectivity index (χ2n) is 6.60. The third-order valence-electron chi connectivity index (χ3n) is 4.55. The Morgan fingerprint density at radius 3 is 2.68 bits per heavy atom. The number of methoxy groups -OCH3 is 1. The molecule has 2 aliphatic rings. The van der Waals surface area contributed by atoms with Gasteiger partial charge in [0.15, 0.2) is 22.8 Å². The van der Waals surface area contributed by atoms with E-state index in [0.29, 0.717) is 41.7 Å². The Hall–Kier alpha value is -3.94. The fourth-order valence-corrected chi connectivity index (χ4v) is 3.19. The number of esters is 1. The first kappa shape index (κ1) is 20.3. The van der Waals surface area contributed by atoms with Crippen molar-refractivity contribution in [2.45, 2.75) is 6.92 Å². The molecule has 0 spiro atoms. The molecule has 2 aliphatic heterocycles. The lowest BCUT2D eigenvalue weighted by atomic mass is 10.1. The third-order valence-corrected chi connectivity index (χ3v) is 4.55. The first-order valence-corrected chi connectivity index (χ1v) is 9.76. The van der Waals surface area contributed by atoms with Gasteiger partial charge in [-0.1, -0.05) is 18.2 Å². The van der Waals surface area contributed by atoms with Crippen LogP contribution in [0.5, 0.6) is 17.2 Å². The van der Waals surface area contributed by atoms with Crippen LogP contribution >= 0.6 is 0 Å². The molecule has 0 bridgehead atoms. The maximum absolute atomic E-state index is 13.0. The molecule has 0 saturated heterocycles. The van der Waals surface area contributed by atoms with Crippen molar-refractivity contribution in [2.24, 2.45) is 0 Å². The van der Waals surface area contributed by atoms with Crippen molar-refractivity contribution in [1.29, 1.82) is 0 Å². The molecule has 160 valence electrons. The minimum absolute atomic E-state index is 0.0189. The summed E-state index contributed by atoms with van der Waals surface area (Å²) in [6.07, 6.45) is 1.52. The van der Waals surface area contributed by atoms with Crippen LogP contribution in [0.15, 0.2) is 59.7 Å². The number of carbonyl (C=O) groups is 2. The molecule has 4 rings (SSSR count). The Morgan fingerprint density at radius 1 is 1.16 bits per heavy atom. The van der Waals surface area contributed by atoms with Crippen molar-refractivity contribution in [3.05, 3.63) is 65.2 Å². The van der Waals surface area contributed by atoms with E-state index < -0.39 is 11.8 Å². The highest BCUT2D eigenvalue weighted by Gasteiger charge is 2.37. The summed E-state index contributed by atoms with van der Waals surface area (Å²) in [7, 11) is 1.52. The van der Waals surface area contributed by atoms with Crippen LogP contribution in [0.25, 0.3) is 6.08 Å². The molecular formula is C23H21NO7. The molecule has 2 heterocycles. The summed E-state index contributed by atoms with van der Waals surface area (Å²) in [4.78, 5) is 25.4. The van der Waals surface area contributed by atoms with E-state index >= 15 is 0 Å². The number of anilines is 1. The summed E-state index contributed by atoms with van der Waals surface area (Å²) in [5, 5.41) is 2.97. The highest BCUT2D eigenvalue weighted by atomic mass is 16.6. The molecule has 0 aromatic heterocycles. The lowest BCUT2D eigenvalue weighted by molar-refractivity contribution is -0.139. The van der Waals surface area contributed by atoms with E-state index in [9.17, 15) is 9.59 Å². The lowest BCUT2D eigenvalue weighted by Gasteiger charge is -2.21. The van der Waals surface area contributed by atoms with Crippen LogP contribution in [0, 0.1) is 0 Å². The van der Waals surface area contributed by atoms with Gasteiger partial charge in [0.2, 0.25) is 17.4 Å². The van der Waals surface area contributed by atoms with Gasteiger partial charge in [-0.05, 0) is 42.8 Å². The molecule has 31 heavy (non-hydrogen) atoms. The predicted molar refractivity (Wildman–Crippen MR) is 112 cm³/mol. The number of carbonyl (C=O) groups excluding carboxylic acids is 2. The quantitative estimate of drug-likeness (QED) is 0.430. The molecule has 0 radical (unpaired) electrons. The van der Waals surface area contributed by atoms with Gasteiger partial charge in [-0.3, -0.25) is 4.79 Å². The number of para-hydroxylation sites is 1. The van der Waals surface area contributed by atoms with Gasteiger partial charge in [-0.2, -0.15) is 0 Å². The molecular weight excluding hydrogens is 402 g/mol. The van der Waals surface area contributed by atoms with Crippen LogP contribution in [0.1, 0.15) is 12.5 Å². The predicted octanol–water partition coefficient (Wildman–Crippen LogP) is 3.29. The number of nitrogens with one attached hydrogen (secondary N) is 1. The standard InChI is InChI=1S/C23H21NO7/c1-3-28-23(26)19-20(25)16(31-22(19)24-15-7-5-4-6-8-15)11-14-12-17(27-2)21-18(13-14)29-9-10-30-21/h4-8,11-13,24H,3,9-10H2,1-2H3/b16-11-. The summed E-state index contributed by atoms with van der Waals surface area (Å²) in [5.74, 6) is 0.136. The third kappa shape index (κ3) is 4.18. The zero-order valence-electron chi connectivity index (χ0n) is 17.1. The summed E-state index contributed by atoms with van der Waals surface area (Å²) >= 11 is 0. The Morgan fingerprint density at radius 2 is 1.94 bits per heavy atom. The van der Waals surface area contributed by atoms with Crippen molar-refractivity contribution in [3.63, 3.8) is 0 Å². The minimum atomic E-state index is -0.755. The van der Waals surface area contributed by atoms with Crippen LogP contribution in [0.4, 0.5) is 5.69 Å². The van der Waals surface area contributed by atoms with E-state index in [4.69, 9.17) is 23.7 Å². The zero-order chi connectivity index (χ0) is 21.8. The van der Waals surface area contributed by atoms with Gasteiger partial charge in [0.25, 0.3) is 0 Å². The van der Waals surface area contributed by atoms with Gasteiger partial charge in [0.1, 0.15) is 13.2 Å². The van der Waals surface area contributed by atoms with Crippen LogP contribution in [-0.2, 0) is 19.1 Å². The fraction of sp³-hybridized carbons (Fsp3) is 0.217. The largest absolute Gasteiger partial charge is 0.493 e. The van der Waals surface area contributed by atoms with Crippen LogP contribution in [0.3, 0.4) is 0 Å². The van der Waals surface area contributed by atoms with Crippen molar-refractivity contribution in [2.75, 3.05) is 32.2 Å². The van der Waals surface area contributed by atoms with Gasteiger partial charge in [0, 0.05) is 5.69 Å². The maximum atomic E-state index is 13.0. The number of hydrogen-bond donors (Lipinski definition) is 1. The summed E-state index contributed by atoms with van der Waals surface area (Å²) in [6.45, 7) is 2.63. The summed E-state index contributed by atoms with van der Waals surface area (Å²) in [6, 6.07) is 12.5. The average Bonchev–Trinajstić information content (AvgIpc) is 3.08. The molecule has 0 aliphatic carbocycles. The molecule has 2 aromatic carbocycles. The molecule has 0 fully saturated rings. The average molecular weight is 423 g/mol.